The van der Waals surface area contributed by atoms with Gasteiger partial charge in [0, 0.05) is 6.42 Å². The molecule has 23 heavy (non-hydrogen) atoms. The minimum Gasteiger partial charge on any atom is -0.630 e. The van der Waals surface area contributed by atoms with E-state index >= 15 is 0 Å². The number of rotatable bonds is 7. The van der Waals surface area contributed by atoms with Crippen molar-refractivity contribution >= 4 is 23.1 Å². The molecular weight excluding hydrogens is 308 g/mol. The molecule has 0 saturated heterocycles. The summed E-state index contributed by atoms with van der Waals surface area (Å²) in [4.78, 5) is 16.6. The smallest absolute Gasteiger partial charge is 0.199 e. The maximum atomic E-state index is 11.7. The van der Waals surface area contributed by atoms with E-state index in [4.69, 9.17) is 16.3 Å². The molecule has 1 heterocycles. The van der Waals surface area contributed by atoms with E-state index in [1.54, 1.807) is 24.3 Å². The normalized spacial score (nSPS) is 10.9. The summed E-state index contributed by atoms with van der Waals surface area (Å²) < 4.78 is 4.36. The quantitative estimate of drug-likeness (QED) is 0.224. The van der Waals surface area contributed by atoms with Crippen LogP contribution in [0.15, 0.2) is 34.1 Å². The van der Waals surface area contributed by atoms with Gasteiger partial charge in [-0.1, -0.05) is 17.3 Å². The maximum absolute atomic E-state index is 11.7. The first-order valence-corrected chi connectivity index (χ1v) is 6.20. The Kier molecular flexibility index (Phi) is 6.61. The van der Waals surface area contributed by atoms with Crippen molar-refractivity contribution in [2.45, 2.75) is 6.42 Å². The Morgan fingerprint density at radius 1 is 1.35 bits per heavy atom. The Hall–Kier alpha value is -3.02. The van der Waals surface area contributed by atoms with Gasteiger partial charge >= 0.3 is 0 Å². The number of anilines is 1. The van der Waals surface area contributed by atoms with Crippen molar-refractivity contribution in [2.24, 2.45) is 10.9 Å². The van der Waals surface area contributed by atoms with Crippen LogP contribution in [0.5, 0.6) is 0 Å². The van der Waals surface area contributed by atoms with Crippen LogP contribution in [0.3, 0.4) is 0 Å². The molecule has 1 aromatic carbocycles. The van der Waals surface area contributed by atoms with E-state index in [1.807, 2.05) is 0 Å². The lowest BCUT2D eigenvalue weighted by atomic mass is 10.1. The van der Waals surface area contributed by atoms with Crippen molar-refractivity contribution in [1.82, 2.24) is 10.3 Å². The van der Waals surface area contributed by atoms with E-state index in [9.17, 15) is 10.0 Å². The molecule has 0 aliphatic rings. The molecule has 0 saturated carbocycles. The van der Waals surface area contributed by atoms with Gasteiger partial charge < -0.3 is 32.5 Å². The van der Waals surface area contributed by atoms with E-state index in [-0.39, 0.29) is 41.6 Å². The van der Waals surface area contributed by atoms with Crippen molar-refractivity contribution in [3.8, 4) is 0 Å². The molecule has 2 aromatic rings. The Bertz CT molecular complexity index is 669. The molecule has 0 bridgehead atoms. The number of benzene rings is 1. The summed E-state index contributed by atoms with van der Waals surface area (Å²) >= 11 is 0. The number of carbonyl (C=O) groups is 1. The predicted octanol–water partition coefficient (Wildman–Crippen LogP) is -2.03. The first-order chi connectivity index (χ1) is 10.6. The van der Waals surface area contributed by atoms with Gasteiger partial charge in [0.15, 0.2) is 29.7 Å². The van der Waals surface area contributed by atoms with Crippen molar-refractivity contribution in [2.75, 3.05) is 12.3 Å². The monoisotopic (exact) mass is 324 g/mol. The largest absolute Gasteiger partial charge is 0.630 e. The third-order valence-corrected chi connectivity index (χ3v) is 2.66. The predicted molar refractivity (Wildman–Crippen MR) is 79.1 cm³/mol. The van der Waals surface area contributed by atoms with Gasteiger partial charge in [0.2, 0.25) is 0 Å². The summed E-state index contributed by atoms with van der Waals surface area (Å²) in [7, 11) is 0. The zero-order chi connectivity index (χ0) is 15.9. The lowest BCUT2D eigenvalue weighted by Crippen LogP contribution is -2.70. The molecule has 8 N–H and O–H groups in total. The van der Waals surface area contributed by atoms with Gasteiger partial charge in [0.1, 0.15) is 5.69 Å². The van der Waals surface area contributed by atoms with Crippen LogP contribution in [0.25, 0.3) is 0 Å². The van der Waals surface area contributed by atoms with Crippen LogP contribution in [0.4, 0.5) is 11.5 Å². The summed E-state index contributed by atoms with van der Waals surface area (Å²) in [6, 6.07) is 6.65. The first-order valence-electron chi connectivity index (χ1n) is 6.20. The summed E-state index contributed by atoms with van der Waals surface area (Å²) in [5.41, 5.74) is 13.1. The number of Topliss-reactive ketones (excluding diaryl/α,β-unsaturated/α-hetero) is 1. The van der Waals surface area contributed by atoms with Gasteiger partial charge in [-0.05, 0) is 28.0 Å². The van der Waals surface area contributed by atoms with E-state index in [1.165, 1.54) is 0 Å². The fraction of sp³-hybridized carbons (Fsp3) is 0.167. The van der Waals surface area contributed by atoms with Gasteiger partial charge in [-0.3, -0.25) is 4.79 Å². The van der Waals surface area contributed by atoms with Crippen LogP contribution < -0.4 is 16.9 Å². The Morgan fingerprint density at radius 3 is 2.61 bits per heavy atom. The van der Waals surface area contributed by atoms with Crippen LogP contribution in [0, 0.1) is 5.21 Å². The summed E-state index contributed by atoms with van der Waals surface area (Å²) in [6.07, 6.45) is 0.155. The second-order valence-electron chi connectivity index (χ2n) is 4.32. The molecule has 11 heteroatoms. The standard InChI is InChI=1S/C12H14N6O4.H2O/c13-11(10-12(14)18-22-16-10)17-21-6-9(19)5-7-1-3-8(15-20)4-2-7;/h1-4H,5-6,15H2,(H2,13,17)(H2,14,18);1H2. The average molecular weight is 324 g/mol. The highest BCUT2D eigenvalue weighted by atomic mass is 16.6. The number of oxime groups is 1. The number of ketones is 1. The lowest BCUT2D eigenvalue weighted by Gasteiger charge is -2.03. The van der Waals surface area contributed by atoms with E-state index in [0.717, 1.165) is 11.0 Å². The van der Waals surface area contributed by atoms with E-state index < -0.39 is 0 Å². The molecule has 0 fully saturated rings. The van der Waals surface area contributed by atoms with Crippen molar-refractivity contribution < 1.29 is 25.2 Å². The molecule has 1 aromatic heterocycles. The molecule has 11 nitrogen and oxygen atoms in total. The van der Waals surface area contributed by atoms with Gasteiger partial charge in [-0.25, -0.2) is 4.63 Å². The third kappa shape index (κ3) is 5.03. The molecule has 0 aliphatic carbocycles. The molecule has 0 amide bonds. The minimum absolute atomic E-state index is 0. The summed E-state index contributed by atoms with van der Waals surface area (Å²) in [6.45, 7) is -0.263. The van der Waals surface area contributed by atoms with Gasteiger partial charge in [-0.2, -0.15) is 0 Å². The number of aromatic nitrogens is 2. The molecule has 0 unspecified atom stereocenters. The summed E-state index contributed by atoms with van der Waals surface area (Å²) in [5.74, 6) is -0.366. The molecule has 2 rings (SSSR count). The number of nitrogens with zero attached hydrogens (tertiary/aromatic N) is 3. The fourth-order valence-corrected chi connectivity index (χ4v) is 1.58. The van der Waals surface area contributed by atoms with Crippen LogP contribution in [-0.2, 0) is 16.1 Å². The van der Waals surface area contributed by atoms with Crippen molar-refractivity contribution in [1.29, 1.82) is 0 Å². The van der Waals surface area contributed by atoms with Crippen LogP contribution in [0.1, 0.15) is 11.3 Å². The number of nitrogen functional groups attached to an aromatic ring is 1. The van der Waals surface area contributed by atoms with Gasteiger partial charge in [0.25, 0.3) is 0 Å². The number of nitrogens with two attached hydrogens (primary N) is 3. The number of hydrogen-bond donors (Lipinski definition) is 3. The average Bonchev–Trinajstić information content (AvgIpc) is 2.94. The van der Waals surface area contributed by atoms with E-state index in [2.05, 4.69) is 20.1 Å². The maximum Gasteiger partial charge on any atom is 0.199 e. The number of quaternary nitrogens is 1. The van der Waals surface area contributed by atoms with Gasteiger partial charge in [0.05, 0.1) is 0 Å². The van der Waals surface area contributed by atoms with Crippen molar-refractivity contribution in [3.05, 3.63) is 40.7 Å². The van der Waals surface area contributed by atoms with Crippen LogP contribution in [-0.4, -0.2) is 34.0 Å². The molecule has 0 atom stereocenters. The first kappa shape index (κ1) is 18.0. The second-order valence-corrected chi connectivity index (χ2v) is 4.32. The van der Waals surface area contributed by atoms with Gasteiger partial charge in [-0.15, -0.1) is 0 Å². The topological polar surface area (TPSA) is 201 Å². The zero-order valence-electron chi connectivity index (χ0n) is 11.9. The highest BCUT2D eigenvalue weighted by Gasteiger charge is 2.11. The Labute approximate surface area is 130 Å². The highest BCUT2D eigenvalue weighted by Crippen LogP contribution is 2.06. The molecule has 0 spiro atoms. The Morgan fingerprint density at radius 2 is 2.04 bits per heavy atom. The second kappa shape index (κ2) is 8.43. The number of carbonyl (C=O) groups excluding carboxylic acids is 1. The summed E-state index contributed by atoms with van der Waals surface area (Å²) in [5, 5.41) is 20.8. The SMILES string of the molecule is N/C(=N\OCC(=O)Cc1ccc([NH2+][O-])cc1)c1nonc1N.O. The highest BCUT2D eigenvalue weighted by molar-refractivity contribution is 5.98. The third-order valence-electron chi connectivity index (χ3n) is 2.66. The number of hydrogen-bond acceptors (Lipinski definition) is 8. The fourth-order valence-electron chi connectivity index (χ4n) is 1.58. The van der Waals surface area contributed by atoms with Crippen molar-refractivity contribution in [3.63, 3.8) is 0 Å². The van der Waals surface area contributed by atoms with Crippen LogP contribution in [0.2, 0.25) is 0 Å². The van der Waals surface area contributed by atoms with Crippen LogP contribution >= 0.6 is 0 Å². The molecular formula is C12H16N6O5. The minimum atomic E-state index is -0.263. The van der Waals surface area contributed by atoms with E-state index in [0.29, 0.717) is 5.69 Å². The Balaban J connectivity index is 0.00000264. The number of amidine groups is 1. The molecule has 0 aliphatic heterocycles. The molecule has 124 valence electrons. The molecule has 0 radical (unpaired) electrons. The zero-order valence-corrected chi connectivity index (χ0v) is 11.9. The lowest BCUT2D eigenvalue weighted by molar-refractivity contribution is -0.497.